The largest absolute Gasteiger partial charge is 0.491 e. The SMILES string of the molecule is CC(=O)n1ccc(NC(=O)c2cc(Oc3ccc(S(C)(=O)=O)cc3)cc(OC(C)CCCO)c2)n1. The standard InChI is InChI=1S/C24H27N3O7S/c1-16(5-4-12-28)33-20-13-18(24(30)25-23-10-11-27(26-23)17(2)29)14-21(15-20)34-19-6-8-22(9-7-19)35(3,31)32/h6-11,13-16,28H,4-5,12H2,1-3H3,(H,25,26,30). The lowest BCUT2D eigenvalue weighted by Gasteiger charge is -2.16. The molecule has 1 unspecified atom stereocenters. The van der Waals surface area contributed by atoms with Crippen LogP contribution in [-0.4, -0.2) is 54.1 Å². The minimum Gasteiger partial charge on any atom is -0.491 e. The van der Waals surface area contributed by atoms with Crippen LogP contribution in [-0.2, 0) is 9.84 Å². The molecule has 0 aliphatic heterocycles. The summed E-state index contributed by atoms with van der Waals surface area (Å²) in [6, 6.07) is 12.1. The van der Waals surface area contributed by atoms with Gasteiger partial charge in [0.25, 0.3) is 5.91 Å². The van der Waals surface area contributed by atoms with E-state index in [0.717, 1.165) is 10.9 Å². The van der Waals surface area contributed by atoms with Crippen molar-refractivity contribution in [1.29, 1.82) is 0 Å². The van der Waals surface area contributed by atoms with Gasteiger partial charge in [-0.05, 0) is 56.2 Å². The van der Waals surface area contributed by atoms with E-state index in [1.54, 1.807) is 12.1 Å². The fourth-order valence-corrected chi connectivity index (χ4v) is 3.78. The highest BCUT2D eigenvalue weighted by molar-refractivity contribution is 7.90. The Morgan fingerprint density at radius 1 is 1.09 bits per heavy atom. The molecule has 1 amide bonds. The Labute approximate surface area is 203 Å². The third-order valence-electron chi connectivity index (χ3n) is 4.89. The monoisotopic (exact) mass is 501 g/mol. The molecule has 11 heteroatoms. The maximum atomic E-state index is 12.9. The first-order valence-corrected chi connectivity index (χ1v) is 12.7. The van der Waals surface area contributed by atoms with Crippen LogP contribution in [0.4, 0.5) is 5.82 Å². The normalized spacial score (nSPS) is 12.1. The van der Waals surface area contributed by atoms with Crippen molar-refractivity contribution < 1.29 is 32.6 Å². The Morgan fingerprint density at radius 2 is 1.77 bits per heavy atom. The van der Waals surface area contributed by atoms with E-state index in [1.807, 2.05) is 6.92 Å². The molecule has 0 fully saturated rings. The molecule has 1 aromatic heterocycles. The minimum atomic E-state index is -3.35. The van der Waals surface area contributed by atoms with Crippen molar-refractivity contribution in [2.24, 2.45) is 0 Å². The summed E-state index contributed by atoms with van der Waals surface area (Å²) in [5.74, 6) is 0.449. The molecule has 2 aromatic carbocycles. The van der Waals surface area contributed by atoms with Gasteiger partial charge in [0.15, 0.2) is 15.7 Å². The van der Waals surface area contributed by atoms with Crippen LogP contribution >= 0.6 is 0 Å². The number of benzene rings is 2. The smallest absolute Gasteiger partial charge is 0.257 e. The second-order valence-electron chi connectivity index (χ2n) is 7.95. The molecule has 0 bridgehead atoms. The van der Waals surface area contributed by atoms with E-state index in [4.69, 9.17) is 14.6 Å². The molecule has 3 rings (SSSR count). The number of hydrogen-bond acceptors (Lipinski definition) is 8. The predicted molar refractivity (Wildman–Crippen MR) is 129 cm³/mol. The van der Waals surface area contributed by atoms with Gasteiger partial charge in [0.05, 0.1) is 11.0 Å². The third kappa shape index (κ3) is 7.39. The van der Waals surface area contributed by atoms with Gasteiger partial charge in [-0.25, -0.2) is 13.1 Å². The molecule has 0 saturated heterocycles. The average molecular weight is 502 g/mol. The number of aliphatic hydroxyl groups excluding tert-OH is 1. The van der Waals surface area contributed by atoms with Gasteiger partial charge >= 0.3 is 0 Å². The number of carbonyl (C=O) groups excluding carboxylic acids is 2. The molecule has 0 radical (unpaired) electrons. The molecule has 10 nitrogen and oxygen atoms in total. The predicted octanol–water partition coefficient (Wildman–Crippen LogP) is 3.53. The van der Waals surface area contributed by atoms with Crippen molar-refractivity contribution in [1.82, 2.24) is 9.78 Å². The zero-order valence-electron chi connectivity index (χ0n) is 19.6. The molecular formula is C24H27N3O7S. The van der Waals surface area contributed by atoms with E-state index >= 15 is 0 Å². The first-order chi connectivity index (χ1) is 16.5. The molecule has 0 aliphatic carbocycles. The number of aliphatic hydroxyl groups is 1. The molecule has 3 aromatic rings. The number of ether oxygens (including phenoxy) is 2. The number of amides is 1. The lowest BCUT2D eigenvalue weighted by atomic mass is 10.1. The summed E-state index contributed by atoms with van der Waals surface area (Å²) >= 11 is 0. The first kappa shape index (κ1) is 25.9. The van der Waals surface area contributed by atoms with Crippen LogP contribution in [0, 0.1) is 0 Å². The van der Waals surface area contributed by atoms with Crippen LogP contribution in [0.25, 0.3) is 0 Å². The first-order valence-electron chi connectivity index (χ1n) is 10.8. The molecule has 0 aliphatic rings. The number of rotatable bonds is 10. The number of sulfone groups is 1. The summed E-state index contributed by atoms with van der Waals surface area (Å²) in [5.41, 5.74) is 0.219. The highest BCUT2D eigenvalue weighted by Gasteiger charge is 2.15. The zero-order chi connectivity index (χ0) is 25.6. The van der Waals surface area contributed by atoms with E-state index in [1.165, 1.54) is 49.5 Å². The molecule has 0 spiro atoms. The van der Waals surface area contributed by atoms with Gasteiger partial charge in [0.2, 0.25) is 5.91 Å². The van der Waals surface area contributed by atoms with Crippen molar-refractivity contribution in [3.63, 3.8) is 0 Å². The second-order valence-corrected chi connectivity index (χ2v) is 9.97. The van der Waals surface area contributed by atoms with E-state index in [2.05, 4.69) is 10.4 Å². The molecule has 1 atom stereocenters. The summed E-state index contributed by atoms with van der Waals surface area (Å²) < 4.78 is 36.3. The quantitative estimate of drug-likeness (QED) is 0.430. The number of hydrogen-bond donors (Lipinski definition) is 2. The number of aromatic nitrogens is 2. The van der Waals surface area contributed by atoms with Crippen LogP contribution in [0.3, 0.4) is 0 Å². The maximum Gasteiger partial charge on any atom is 0.257 e. The topological polar surface area (TPSA) is 137 Å². The van der Waals surface area contributed by atoms with E-state index in [0.29, 0.717) is 30.1 Å². The van der Waals surface area contributed by atoms with Crippen LogP contribution in [0.2, 0.25) is 0 Å². The number of nitrogens with zero attached hydrogens (tertiary/aromatic N) is 2. The number of nitrogens with one attached hydrogen (secondary N) is 1. The van der Waals surface area contributed by atoms with Crippen molar-refractivity contribution in [2.75, 3.05) is 18.2 Å². The minimum absolute atomic E-state index is 0.0426. The zero-order valence-corrected chi connectivity index (χ0v) is 20.4. The van der Waals surface area contributed by atoms with E-state index < -0.39 is 15.7 Å². The lowest BCUT2D eigenvalue weighted by molar-refractivity contribution is 0.0919. The van der Waals surface area contributed by atoms with Gasteiger partial charge < -0.3 is 19.9 Å². The average Bonchev–Trinajstić information content (AvgIpc) is 3.26. The van der Waals surface area contributed by atoms with Crippen LogP contribution in [0.15, 0.2) is 59.6 Å². The van der Waals surface area contributed by atoms with Gasteiger partial charge in [-0.2, -0.15) is 0 Å². The van der Waals surface area contributed by atoms with Crippen LogP contribution < -0.4 is 14.8 Å². The molecular weight excluding hydrogens is 474 g/mol. The van der Waals surface area contributed by atoms with Crippen molar-refractivity contribution in [2.45, 2.75) is 37.7 Å². The second kappa shape index (κ2) is 11.2. The summed E-state index contributed by atoms with van der Waals surface area (Å²) in [4.78, 5) is 24.5. The lowest BCUT2D eigenvalue weighted by Crippen LogP contribution is -2.15. The molecule has 186 valence electrons. The van der Waals surface area contributed by atoms with Crippen molar-refractivity contribution >= 4 is 27.5 Å². The Hall–Kier alpha value is -3.70. The molecule has 1 heterocycles. The van der Waals surface area contributed by atoms with Crippen molar-refractivity contribution in [3.05, 3.63) is 60.3 Å². The highest BCUT2D eigenvalue weighted by Crippen LogP contribution is 2.29. The summed E-state index contributed by atoms with van der Waals surface area (Å²) in [6.07, 6.45) is 3.50. The fraction of sp³-hybridized carbons (Fsp3) is 0.292. The third-order valence-corrected chi connectivity index (χ3v) is 6.02. The Morgan fingerprint density at radius 3 is 2.37 bits per heavy atom. The number of carbonyl (C=O) groups is 2. The summed E-state index contributed by atoms with van der Waals surface area (Å²) in [7, 11) is -3.35. The Bertz CT molecular complexity index is 1300. The van der Waals surface area contributed by atoms with Crippen molar-refractivity contribution in [3.8, 4) is 17.2 Å². The van der Waals surface area contributed by atoms with Crippen LogP contribution in [0.5, 0.6) is 17.2 Å². The van der Waals surface area contributed by atoms with Gasteiger partial charge in [-0.3, -0.25) is 9.59 Å². The number of anilines is 1. The van der Waals surface area contributed by atoms with Gasteiger partial charge in [0, 0.05) is 43.7 Å². The van der Waals surface area contributed by atoms with E-state index in [9.17, 15) is 18.0 Å². The maximum absolute atomic E-state index is 12.9. The van der Waals surface area contributed by atoms with Gasteiger partial charge in [-0.15, -0.1) is 5.10 Å². The summed E-state index contributed by atoms with van der Waals surface area (Å²) in [6.45, 7) is 3.24. The molecule has 0 saturated carbocycles. The molecule has 2 N–H and O–H groups in total. The van der Waals surface area contributed by atoms with E-state index in [-0.39, 0.29) is 34.9 Å². The summed E-state index contributed by atoms with van der Waals surface area (Å²) in [5, 5.41) is 15.7. The van der Waals surface area contributed by atoms with Crippen LogP contribution in [0.1, 0.15) is 41.8 Å². The Balaban J connectivity index is 1.87. The highest BCUT2D eigenvalue weighted by atomic mass is 32.2. The fourth-order valence-electron chi connectivity index (χ4n) is 3.15. The molecule has 35 heavy (non-hydrogen) atoms. The Kier molecular flexibility index (Phi) is 8.26. The van der Waals surface area contributed by atoms with Gasteiger partial charge in [-0.1, -0.05) is 0 Å². The van der Waals surface area contributed by atoms with Gasteiger partial charge in [0.1, 0.15) is 17.2 Å².